The van der Waals surface area contributed by atoms with Crippen molar-refractivity contribution in [1.82, 2.24) is 0 Å². The summed E-state index contributed by atoms with van der Waals surface area (Å²) in [5.41, 5.74) is 0. The molecule has 2 aliphatic carbocycles. The molecule has 2 heteroatoms. The van der Waals surface area contributed by atoms with Crippen LogP contribution in [0.25, 0.3) is 0 Å². The van der Waals surface area contributed by atoms with Crippen LogP contribution in [0.1, 0.15) is 70.6 Å². The molecular formula is C17H29IO. The molecule has 0 amide bonds. The zero-order valence-corrected chi connectivity index (χ0v) is 14.2. The first-order valence-electron chi connectivity index (χ1n) is 8.26. The van der Waals surface area contributed by atoms with Gasteiger partial charge in [0.25, 0.3) is 0 Å². The molecule has 110 valence electrons. The van der Waals surface area contributed by atoms with Crippen LogP contribution in [0.3, 0.4) is 0 Å². The molecule has 0 saturated heterocycles. The number of unbranched alkanes of at least 4 members (excludes halogenated alkanes) is 1. The van der Waals surface area contributed by atoms with Crippen LogP contribution in [-0.4, -0.2) is 11.2 Å². The van der Waals surface area contributed by atoms with E-state index in [0.29, 0.717) is 0 Å². The molecule has 0 heterocycles. The third kappa shape index (κ3) is 5.04. The van der Waals surface area contributed by atoms with Gasteiger partial charge in [-0.1, -0.05) is 86.5 Å². The highest BCUT2D eigenvalue weighted by molar-refractivity contribution is 14.1. The average Bonchev–Trinajstić information content (AvgIpc) is 2.44. The Kier molecular flexibility index (Phi) is 7.21. The van der Waals surface area contributed by atoms with Crippen LogP contribution >= 0.6 is 22.6 Å². The highest BCUT2D eigenvalue weighted by Crippen LogP contribution is 2.45. The molecule has 2 fully saturated rings. The van der Waals surface area contributed by atoms with Crippen molar-refractivity contribution in [1.29, 1.82) is 0 Å². The lowest BCUT2D eigenvalue weighted by Gasteiger charge is -2.41. The Bertz CT molecular complexity index is 274. The molecule has 0 aromatic heterocycles. The van der Waals surface area contributed by atoms with Crippen LogP contribution < -0.4 is 0 Å². The van der Waals surface area contributed by atoms with Gasteiger partial charge in [0.1, 0.15) is 0 Å². The number of rotatable bonds is 6. The molecule has 1 nitrogen and oxygen atoms in total. The molecular weight excluding hydrogens is 347 g/mol. The molecule has 0 spiro atoms. The molecule has 1 N–H and O–H groups in total. The summed E-state index contributed by atoms with van der Waals surface area (Å²) in [4.78, 5) is 0. The first-order chi connectivity index (χ1) is 9.31. The molecule has 2 rings (SSSR count). The summed E-state index contributed by atoms with van der Waals surface area (Å²) in [5.74, 6) is 3.14. The standard InChI is InChI=1S/C17H29IO/c18-13-12-16(19)10-3-1-6-14-8-5-9-15-7-2-4-11-17(14)15/h12-17,19H,1-11H2/b13-12+. The second-order valence-electron chi connectivity index (χ2n) is 6.57. The fraction of sp³-hybridized carbons (Fsp3) is 0.882. The molecule has 0 radical (unpaired) electrons. The zero-order valence-electron chi connectivity index (χ0n) is 12.1. The average molecular weight is 376 g/mol. The van der Waals surface area contributed by atoms with Crippen molar-refractivity contribution in [3.05, 3.63) is 10.2 Å². The van der Waals surface area contributed by atoms with Gasteiger partial charge < -0.3 is 5.11 Å². The highest BCUT2D eigenvalue weighted by atomic mass is 127. The summed E-state index contributed by atoms with van der Waals surface area (Å²) in [6.45, 7) is 0. The quantitative estimate of drug-likeness (QED) is 0.482. The van der Waals surface area contributed by atoms with Gasteiger partial charge in [-0.3, -0.25) is 0 Å². The van der Waals surface area contributed by atoms with Crippen LogP contribution in [0.2, 0.25) is 0 Å². The molecule has 0 bridgehead atoms. The maximum Gasteiger partial charge on any atom is 0.0728 e. The maximum absolute atomic E-state index is 9.68. The van der Waals surface area contributed by atoms with Crippen LogP contribution in [0, 0.1) is 17.8 Å². The van der Waals surface area contributed by atoms with Gasteiger partial charge in [0.2, 0.25) is 0 Å². The molecule has 0 aliphatic heterocycles. The Balaban J connectivity index is 1.67. The third-order valence-corrected chi connectivity index (χ3v) is 5.76. The van der Waals surface area contributed by atoms with Crippen molar-refractivity contribution < 1.29 is 5.11 Å². The Labute approximate surface area is 132 Å². The van der Waals surface area contributed by atoms with E-state index in [1.54, 1.807) is 0 Å². The maximum atomic E-state index is 9.68. The van der Waals surface area contributed by atoms with Crippen molar-refractivity contribution in [2.45, 2.75) is 76.7 Å². The molecule has 2 saturated carbocycles. The van der Waals surface area contributed by atoms with E-state index in [1.165, 1.54) is 64.2 Å². The number of hydrogen-bond donors (Lipinski definition) is 1. The molecule has 4 unspecified atom stereocenters. The molecule has 4 atom stereocenters. The molecule has 2 aliphatic rings. The van der Waals surface area contributed by atoms with Crippen molar-refractivity contribution in [3.63, 3.8) is 0 Å². The van der Waals surface area contributed by atoms with Gasteiger partial charge in [-0.05, 0) is 34.7 Å². The monoisotopic (exact) mass is 376 g/mol. The molecule has 0 aromatic rings. The first-order valence-corrected chi connectivity index (χ1v) is 9.50. The van der Waals surface area contributed by atoms with E-state index in [2.05, 4.69) is 22.6 Å². The lowest BCUT2D eigenvalue weighted by Crippen LogP contribution is -2.30. The van der Waals surface area contributed by atoms with Crippen molar-refractivity contribution in [3.8, 4) is 0 Å². The van der Waals surface area contributed by atoms with Gasteiger partial charge in [0.15, 0.2) is 0 Å². The number of aliphatic hydroxyl groups excluding tert-OH is 1. The Hall–Kier alpha value is 0.430. The third-order valence-electron chi connectivity index (χ3n) is 5.34. The fourth-order valence-electron chi connectivity index (χ4n) is 4.37. The minimum Gasteiger partial charge on any atom is -0.389 e. The minimum absolute atomic E-state index is 0.217. The van der Waals surface area contributed by atoms with Crippen LogP contribution in [0.4, 0.5) is 0 Å². The van der Waals surface area contributed by atoms with Crippen molar-refractivity contribution >= 4 is 22.6 Å². The van der Waals surface area contributed by atoms with Gasteiger partial charge >= 0.3 is 0 Å². The fourth-order valence-corrected chi connectivity index (χ4v) is 4.85. The normalized spacial score (nSPS) is 33.3. The topological polar surface area (TPSA) is 20.2 Å². The van der Waals surface area contributed by atoms with Gasteiger partial charge in [0, 0.05) is 0 Å². The van der Waals surface area contributed by atoms with E-state index in [0.717, 1.165) is 24.2 Å². The Morgan fingerprint density at radius 1 is 1.05 bits per heavy atom. The first kappa shape index (κ1) is 15.8. The van der Waals surface area contributed by atoms with Gasteiger partial charge in [-0.15, -0.1) is 0 Å². The van der Waals surface area contributed by atoms with Crippen LogP contribution in [-0.2, 0) is 0 Å². The van der Waals surface area contributed by atoms with Gasteiger partial charge in [0.05, 0.1) is 6.10 Å². The van der Waals surface area contributed by atoms with Crippen molar-refractivity contribution in [2.24, 2.45) is 17.8 Å². The highest BCUT2D eigenvalue weighted by Gasteiger charge is 2.34. The van der Waals surface area contributed by atoms with Gasteiger partial charge in [-0.2, -0.15) is 0 Å². The van der Waals surface area contributed by atoms with Crippen LogP contribution in [0.5, 0.6) is 0 Å². The number of halogens is 1. The van der Waals surface area contributed by atoms with Crippen molar-refractivity contribution in [2.75, 3.05) is 0 Å². The van der Waals surface area contributed by atoms with E-state index in [9.17, 15) is 5.11 Å². The van der Waals surface area contributed by atoms with E-state index >= 15 is 0 Å². The second-order valence-corrected chi connectivity index (χ2v) is 7.29. The van der Waals surface area contributed by atoms with E-state index < -0.39 is 0 Å². The number of fused-ring (bicyclic) bond motifs is 1. The lowest BCUT2D eigenvalue weighted by molar-refractivity contribution is 0.0952. The summed E-state index contributed by atoms with van der Waals surface area (Å²) in [5, 5.41) is 9.68. The summed E-state index contributed by atoms with van der Waals surface area (Å²) in [7, 11) is 0. The van der Waals surface area contributed by atoms with E-state index in [1.807, 2.05) is 10.2 Å². The predicted molar refractivity (Wildman–Crippen MR) is 90.4 cm³/mol. The summed E-state index contributed by atoms with van der Waals surface area (Å²) in [6, 6.07) is 0. The summed E-state index contributed by atoms with van der Waals surface area (Å²) >= 11 is 2.18. The number of hydrogen-bond acceptors (Lipinski definition) is 1. The second kappa shape index (κ2) is 8.66. The SMILES string of the molecule is OC(/C=C/I)CCCCC1CCCC2CCCCC12. The Morgan fingerprint density at radius 3 is 2.68 bits per heavy atom. The van der Waals surface area contributed by atoms with Crippen LogP contribution in [0.15, 0.2) is 10.2 Å². The molecule has 19 heavy (non-hydrogen) atoms. The predicted octanol–water partition coefficient (Wildman–Crippen LogP) is 5.46. The number of aliphatic hydroxyl groups is 1. The van der Waals surface area contributed by atoms with E-state index in [-0.39, 0.29) is 6.10 Å². The summed E-state index contributed by atoms with van der Waals surface area (Å²) < 4.78 is 1.93. The molecule has 0 aromatic carbocycles. The van der Waals surface area contributed by atoms with E-state index in [4.69, 9.17) is 0 Å². The van der Waals surface area contributed by atoms with Gasteiger partial charge in [-0.25, -0.2) is 0 Å². The summed E-state index contributed by atoms with van der Waals surface area (Å²) in [6.07, 6.45) is 17.0. The lowest BCUT2D eigenvalue weighted by atomic mass is 9.64. The zero-order chi connectivity index (χ0) is 13.5. The Morgan fingerprint density at radius 2 is 1.84 bits per heavy atom. The smallest absolute Gasteiger partial charge is 0.0728 e. The largest absolute Gasteiger partial charge is 0.389 e. The minimum atomic E-state index is -0.217.